The summed E-state index contributed by atoms with van der Waals surface area (Å²) >= 11 is 0. The number of hydrogen-bond acceptors (Lipinski definition) is 5. The Morgan fingerprint density at radius 1 is 1.14 bits per heavy atom. The van der Waals surface area contributed by atoms with Gasteiger partial charge in [0.25, 0.3) is 0 Å². The molecule has 0 aliphatic rings. The molecule has 0 saturated carbocycles. The zero-order valence-electron chi connectivity index (χ0n) is 14.2. The molecule has 0 aromatic carbocycles. The Kier molecular flexibility index (Phi) is 8.05. The minimum Gasteiger partial charge on any atom is -0.370 e. The Balaban J connectivity index is 2.45. The van der Waals surface area contributed by atoms with Crippen molar-refractivity contribution in [3.05, 3.63) is 11.9 Å². The smallest absolute Gasteiger partial charge is 0.132 e. The summed E-state index contributed by atoms with van der Waals surface area (Å²) in [6, 6.07) is 2.40. The molecule has 120 valence electrons. The fourth-order valence-electron chi connectivity index (χ4n) is 2.40. The van der Waals surface area contributed by atoms with Crippen molar-refractivity contribution < 1.29 is 0 Å². The molecule has 0 aliphatic heterocycles. The van der Waals surface area contributed by atoms with Crippen molar-refractivity contribution in [1.82, 2.24) is 14.9 Å². The van der Waals surface area contributed by atoms with Crippen molar-refractivity contribution in [2.24, 2.45) is 0 Å². The molecule has 1 heterocycles. The van der Waals surface area contributed by atoms with Crippen molar-refractivity contribution in [3.8, 4) is 0 Å². The second-order valence-corrected chi connectivity index (χ2v) is 5.43. The Morgan fingerprint density at radius 3 is 2.43 bits per heavy atom. The van der Waals surface area contributed by atoms with E-state index < -0.39 is 0 Å². The van der Waals surface area contributed by atoms with Crippen LogP contribution >= 0.6 is 0 Å². The highest BCUT2D eigenvalue weighted by molar-refractivity contribution is 5.47. The van der Waals surface area contributed by atoms with Crippen molar-refractivity contribution in [2.75, 3.05) is 36.8 Å². The average molecular weight is 293 g/mol. The van der Waals surface area contributed by atoms with Crippen LogP contribution in [-0.2, 0) is 0 Å². The lowest BCUT2D eigenvalue weighted by molar-refractivity contribution is 0.295. The zero-order valence-corrected chi connectivity index (χ0v) is 14.2. The third-order valence-electron chi connectivity index (χ3n) is 3.60. The highest BCUT2D eigenvalue weighted by atomic mass is 15.1. The number of aromatic nitrogens is 2. The van der Waals surface area contributed by atoms with Gasteiger partial charge in [-0.25, -0.2) is 9.97 Å². The lowest BCUT2D eigenvalue weighted by Gasteiger charge is -2.20. The Labute approximate surface area is 129 Å². The van der Waals surface area contributed by atoms with Gasteiger partial charge in [-0.1, -0.05) is 13.8 Å². The first-order chi connectivity index (χ1) is 10.1. The number of hydrogen-bond donors (Lipinski definition) is 2. The van der Waals surface area contributed by atoms with Gasteiger partial charge in [-0.2, -0.15) is 0 Å². The van der Waals surface area contributed by atoms with E-state index in [1.165, 1.54) is 13.0 Å². The van der Waals surface area contributed by atoms with Gasteiger partial charge < -0.3 is 15.5 Å². The zero-order chi connectivity index (χ0) is 15.7. The fraction of sp³-hybridized carbons (Fsp3) is 0.750. The van der Waals surface area contributed by atoms with Crippen LogP contribution < -0.4 is 10.6 Å². The van der Waals surface area contributed by atoms with Crippen LogP contribution in [0, 0.1) is 6.92 Å². The number of anilines is 2. The Morgan fingerprint density at radius 2 is 1.81 bits per heavy atom. The van der Waals surface area contributed by atoms with Crippen molar-refractivity contribution in [1.29, 1.82) is 0 Å². The van der Waals surface area contributed by atoms with Crippen molar-refractivity contribution in [3.63, 3.8) is 0 Å². The van der Waals surface area contributed by atoms with Gasteiger partial charge in [0.2, 0.25) is 0 Å². The largest absolute Gasteiger partial charge is 0.370 e. The van der Waals surface area contributed by atoms with E-state index in [1.807, 2.05) is 13.0 Å². The molecule has 5 heteroatoms. The van der Waals surface area contributed by atoms with Gasteiger partial charge in [0.15, 0.2) is 0 Å². The SMILES string of the molecule is CCNc1cc(NC(C)CCCN(CC)CC)nc(C)n1. The summed E-state index contributed by atoms with van der Waals surface area (Å²) in [4.78, 5) is 11.3. The monoisotopic (exact) mass is 293 g/mol. The van der Waals surface area contributed by atoms with Gasteiger partial charge in [0, 0.05) is 18.7 Å². The van der Waals surface area contributed by atoms with E-state index in [0.29, 0.717) is 6.04 Å². The quantitative estimate of drug-likeness (QED) is 0.694. The highest BCUT2D eigenvalue weighted by Crippen LogP contribution is 2.13. The molecule has 1 rings (SSSR count). The van der Waals surface area contributed by atoms with E-state index in [2.05, 4.69) is 53.2 Å². The molecular formula is C16H31N5. The summed E-state index contributed by atoms with van der Waals surface area (Å²) in [6.07, 6.45) is 2.36. The number of nitrogens with one attached hydrogen (secondary N) is 2. The maximum Gasteiger partial charge on any atom is 0.132 e. The van der Waals surface area contributed by atoms with Gasteiger partial charge in [-0.05, 0) is 53.2 Å². The first kappa shape index (κ1) is 17.7. The predicted molar refractivity (Wildman–Crippen MR) is 91.0 cm³/mol. The number of aryl methyl sites for hydroxylation is 1. The van der Waals surface area contributed by atoms with Gasteiger partial charge >= 0.3 is 0 Å². The maximum atomic E-state index is 4.46. The van der Waals surface area contributed by atoms with E-state index in [0.717, 1.165) is 43.5 Å². The summed E-state index contributed by atoms with van der Waals surface area (Å²) in [7, 11) is 0. The van der Waals surface area contributed by atoms with E-state index in [1.54, 1.807) is 0 Å². The van der Waals surface area contributed by atoms with E-state index in [4.69, 9.17) is 0 Å². The lowest BCUT2D eigenvalue weighted by Crippen LogP contribution is -2.25. The third kappa shape index (κ3) is 6.76. The van der Waals surface area contributed by atoms with Gasteiger partial charge in [-0.3, -0.25) is 0 Å². The summed E-state index contributed by atoms with van der Waals surface area (Å²) in [5.41, 5.74) is 0. The minimum atomic E-state index is 0.421. The Bertz CT molecular complexity index is 404. The molecule has 0 aliphatic carbocycles. The van der Waals surface area contributed by atoms with Crippen LogP contribution in [0.1, 0.15) is 46.4 Å². The summed E-state index contributed by atoms with van der Waals surface area (Å²) in [6.45, 7) is 15.0. The normalized spacial score (nSPS) is 12.5. The van der Waals surface area contributed by atoms with Crippen LogP contribution in [0.25, 0.3) is 0 Å². The van der Waals surface area contributed by atoms with Crippen LogP contribution in [-0.4, -0.2) is 47.1 Å². The summed E-state index contributed by atoms with van der Waals surface area (Å²) < 4.78 is 0. The molecule has 1 aromatic rings. The molecule has 5 nitrogen and oxygen atoms in total. The number of rotatable bonds is 10. The first-order valence-electron chi connectivity index (χ1n) is 8.17. The molecule has 21 heavy (non-hydrogen) atoms. The summed E-state index contributed by atoms with van der Waals surface area (Å²) in [5.74, 6) is 2.60. The maximum absolute atomic E-state index is 4.46. The molecule has 0 radical (unpaired) electrons. The second kappa shape index (κ2) is 9.55. The third-order valence-corrected chi connectivity index (χ3v) is 3.60. The molecule has 1 atom stereocenters. The molecule has 1 aromatic heterocycles. The van der Waals surface area contributed by atoms with Crippen molar-refractivity contribution >= 4 is 11.6 Å². The van der Waals surface area contributed by atoms with Gasteiger partial charge in [-0.15, -0.1) is 0 Å². The molecule has 0 spiro atoms. The molecule has 2 N–H and O–H groups in total. The van der Waals surface area contributed by atoms with Crippen LogP contribution in [0.5, 0.6) is 0 Å². The molecule has 0 amide bonds. The van der Waals surface area contributed by atoms with Crippen LogP contribution in [0.4, 0.5) is 11.6 Å². The van der Waals surface area contributed by atoms with E-state index in [9.17, 15) is 0 Å². The van der Waals surface area contributed by atoms with Gasteiger partial charge in [0.1, 0.15) is 17.5 Å². The average Bonchev–Trinajstić information content (AvgIpc) is 2.43. The fourth-order valence-corrected chi connectivity index (χ4v) is 2.40. The van der Waals surface area contributed by atoms with Crippen LogP contribution in [0.3, 0.4) is 0 Å². The van der Waals surface area contributed by atoms with Crippen LogP contribution in [0.2, 0.25) is 0 Å². The minimum absolute atomic E-state index is 0.421. The predicted octanol–water partition coefficient (Wildman–Crippen LogP) is 3.14. The molecule has 0 bridgehead atoms. The molecule has 1 unspecified atom stereocenters. The highest BCUT2D eigenvalue weighted by Gasteiger charge is 2.07. The van der Waals surface area contributed by atoms with E-state index in [-0.39, 0.29) is 0 Å². The van der Waals surface area contributed by atoms with Gasteiger partial charge in [0.05, 0.1) is 0 Å². The summed E-state index contributed by atoms with van der Waals surface area (Å²) in [5, 5.41) is 6.72. The topological polar surface area (TPSA) is 53.1 Å². The molecule has 0 saturated heterocycles. The van der Waals surface area contributed by atoms with Crippen molar-refractivity contribution in [2.45, 2.75) is 53.5 Å². The second-order valence-electron chi connectivity index (χ2n) is 5.43. The number of nitrogens with zero attached hydrogens (tertiary/aromatic N) is 3. The molecule has 0 fully saturated rings. The van der Waals surface area contributed by atoms with Crippen LogP contribution in [0.15, 0.2) is 6.07 Å². The lowest BCUT2D eigenvalue weighted by atomic mass is 10.1. The molecular weight excluding hydrogens is 262 g/mol. The van der Waals surface area contributed by atoms with E-state index >= 15 is 0 Å². The first-order valence-corrected chi connectivity index (χ1v) is 8.17. The Hall–Kier alpha value is -1.36. The standard InChI is InChI=1S/C16H31N5/c1-6-17-15-12-16(20-14(5)19-15)18-13(4)10-9-11-21(7-2)8-3/h12-13H,6-11H2,1-5H3,(H2,17,18,19,20).